The van der Waals surface area contributed by atoms with Crippen molar-refractivity contribution in [3.05, 3.63) is 53.9 Å². The molecule has 0 aliphatic heterocycles. The number of aliphatic hydroxyl groups is 1. The van der Waals surface area contributed by atoms with Crippen LogP contribution in [0, 0.1) is 6.92 Å². The summed E-state index contributed by atoms with van der Waals surface area (Å²) in [5.41, 5.74) is 4.99. The Morgan fingerprint density at radius 1 is 1.11 bits per heavy atom. The highest BCUT2D eigenvalue weighted by atomic mass is 16.3. The highest BCUT2D eigenvalue weighted by molar-refractivity contribution is 5.66. The topological polar surface area (TPSA) is 33.1 Å². The molecule has 0 unspecified atom stereocenters. The average Bonchev–Trinajstić information content (AvgIpc) is 2.36. The zero-order chi connectivity index (χ0) is 12.5. The van der Waals surface area contributed by atoms with Crippen molar-refractivity contribution in [2.75, 3.05) is 0 Å². The van der Waals surface area contributed by atoms with E-state index in [4.69, 9.17) is 0 Å². The van der Waals surface area contributed by atoms with Gasteiger partial charge in [-0.3, -0.25) is 4.98 Å². The predicted octanol–water partition coefficient (Wildman–Crippen LogP) is 3.30. The zero-order valence-corrected chi connectivity index (χ0v) is 10.5. The van der Waals surface area contributed by atoms with Crippen LogP contribution >= 0.6 is 0 Å². The van der Waals surface area contributed by atoms with Gasteiger partial charge in [0, 0.05) is 18.0 Å². The fourth-order valence-electron chi connectivity index (χ4n) is 2.56. The molecule has 1 saturated carbocycles. The normalized spacial score (nSPS) is 22.6. The molecule has 2 nitrogen and oxygen atoms in total. The number of rotatable bonds is 2. The highest BCUT2D eigenvalue weighted by Crippen LogP contribution is 2.37. The van der Waals surface area contributed by atoms with E-state index < -0.39 is 0 Å². The molecule has 92 valence electrons. The van der Waals surface area contributed by atoms with Crippen molar-refractivity contribution in [2.45, 2.75) is 31.8 Å². The number of hydrogen-bond acceptors (Lipinski definition) is 2. The SMILES string of the molecule is Cc1ccncc1-c1ccc(C2CC(O)C2)cc1. The summed E-state index contributed by atoms with van der Waals surface area (Å²) in [6, 6.07) is 10.7. The first-order chi connectivity index (χ1) is 8.74. The molecule has 1 N–H and O–H groups in total. The Kier molecular flexibility index (Phi) is 2.88. The third-order valence-electron chi connectivity index (χ3n) is 3.85. The Morgan fingerprint density at radius 2 is 1.83 bits per heavy atom. The molecule has 1 aliphatic carbocycles. The molecular weight excluding hydrogens is 222 g/mol. The van der Waals surface area contributed by atoms with Gasteiger partial charge in [-0.2, -0.15) is 0 Å². The molecule has 0 bridgehead atoms. The van der Waals surface area contributed by atoms with Crippen LogP contribution in [0.3, 0.4) is 0 Å². The number of nitrogens with zero attached hydrogens (tertiary/aromatic N) is 1. The first kappa shape index (κ1) is 11.4. The van der Waals surface area contributed by atoms with E-state index in [2.05, 4.69) is 36.2 Å². The van der Waals surface area contributed by atoms with Crippen LogP contribution in [0.5, 0.6) is 0 Å². The summed E-state index contributed by atoms with van der Waals surface area (Å²) in [6.45, 7) is 2.10. The van der Waals surface area contributed by atoms with Gasteiger partial charge in [0.1, 0.15) is 0 Å². The monoisotopic (exact) mass is 239 g/mol. The molecule has 1 fully saturated rings. The molecule has 18 heavy (non-hydrogen) atoms. The van der Waals surface area contributed by atoms with Crippen LogP contribution < -0.4 is 0 Å². The largest absolute Gasteiger partial charge is 0.393 e. The lowest BCUT2D eigenvalue weighted by molar-refractivity contribution is 0.0746. The van der Waals surface area contributed by atoms with Crippen LogP contribution in [0.2, 0.25) is 0 Å². The molecule has 2 heteroatoms. The fraction of sp³-hybridized carbons (Fsp3) is 0.312. The van der Waals surface area contributed by atoms with Gasteiger partial charge in [-0.1, -0.05) is 24.3 Å². The fourth-order valence-corrected chi connectivity index (χ4v) is 2.56. The van der Waals surface area contributed by atoms with Crippen molar-refractivity contribution < 1.29 is 5.11 Å². The van der Waals surface area contributed by atoms with Gasteiger partial charge in [-0.25, -0.2) is 0 Å². The van der Waals surface area contributed by atoms with Crippen LogP contribution in [-0.4, -0.2) is 16.2 Å². The van der Waals surface area contributed by atoms with Gasteiger partial charge in [0.25, 0.3) is 0 Å². The smallest absolute Gasteiger partial charge is 0.0552 e. The van der Waals surface area contributed by atoms with Crippen LogP contribution in [0.4, 0.5) is 0 Å². The average molecular weight is 239 g/mol. The molecule has 0 saturated heterocycles. The molecule has 2 aromatic rings. The molecule has 1 aliphatic rings. The second-order valence-electron chi connectivity index (χ2n) is 5.13. The van der Waals surface area contributed by atoms with Gasteiger partial charge in [0.15, 0.2) is 0 Å². The lowest BCUT2D eigenvalue weighted by atomic mass is 9.77. The molecule has 0 amide bonds. The predicted molar refractivity (Wildman–Crippen MR) is 72.4 cm³/mol. The Bertz CT molecular complexity index is 541. The minimum Gasteiger partial charge on any atom is -0.393 e. The minimum absolute atomic E-state index is 0.0877. The van der Waals surface area contributed by atoms with Crippen molar-refractivity contribution in [3.8, 4) is 11.1 Å². The van der Waals surface area contributed by atoms with E-state index >= 15 is 0 Å². The molecule has 0 spiro atoms. The zero-order valence-electron chi connectivity index (χ0n) is 10.5. The van der Waals surface area contributed by atoms with Gasteiger partial charge in [0.2, 0.25) is 0 Å². The number of benzene rings is 1. The van der Waals surface area contributed by atoms with Crippen LogP contribution in [0.1, 0.15) is 29.9 Å². The molecular formula is C16H17NO. The maximum Gasteiger partial charge on any atom is 0.0552 e. The first-order valence-electron chi connectivity index (χ1n) is 6.43. The summed E-state index contributed by atoms with van der Waals surface area (Å²) in [4.78, 5) is 4.18. The lowest BCUT2D eigenvalue weighted by Gasteiger charge is -2.31. The molecule has 0 radical (unpaired) electrons. The van der Waals surface area contributed by atoms with Crippen LogP contribution in [0.25, 0.3) is 11.1 Å². The first-order valence-corrected chi connectivity index (χ1v) is 6.43. The van der Waals surface area contributed by atoms with Crippen molar-refractivity contribution in [3.63, 3.8) is 0 Å². The van der Waals surface area contributed by atoms with Crippen LogP contribution in [-0.2, 0) is 0 Å². The van der Waals surface area contributed by atoms with E-state index in [1.54, 1.807) is 0 Å². The van der Waals surface area contributed by atoms with E-state index in [1.807, 2.05) is 18.5 Å². The van der Waals surface area contributed by atoms with Gasteiger partial charge < -0.3 is 5.11 Å². The van der Waals surface area contributed by atoms with Crippen molar-refractivity contribution >= 4 is 0 Å². The van der Waals surface area contributed by atoms with Gasteiger partial charge in [-0.05, 0) is 48.4 Å². The summed E-state index contributed by atoms with van der Waals surface area (Å²) in [5.74, 6) is 0.545. The minimum atomic E-state index is -0.0877. The van der Waals surface area contributed by atoms with Crippen LogP contribution in [0.15, 0.2) is 42.7 Å². The van der Waals surface area contributed by atoms with E-state index in [9.17, 15) is 5.11 Å². The molecule has 3 rings (SSSR count). The third kappa shape index (κ3) is 2.04. The lowest BCUT2D eigenvalue weighted by Crippen LogP contribution is -2.26. The second-order valence-corrected chi connectivity index (χ2v) is 5.13. The Morgan fingerprint density at radius 3 is 2.44 bits per heavy atom. The van der Waals surface area contributed by atoms with E-state index in [0.29, 0.717) is 5.92 Å². The summed E-state index contributed by atoms with van der Waals surface area (Å²) in [7, 11) is 0. The Hall–Kier alpha value is -1.67. The van der Waals surface area contributed by atoms with Gasteiger partial charge >= 0.3 is 0 Å². The van der Waals surface area contributed by atoms with Gasteiger partial charge in [-0.15, -0.1) is 0 Å². The number of aryl methyl sites for hydroxylation is 1. The number of hydrogen-bond donors (Lipinski definition) is 1. The van der Waals surface area contributed by atoms with Crippen molar-refractivity contribution in [1.29, 1.82) is 0 Å². The molecule has 0 atom stereocenters. The number of pyridine rings is 1. The third-order valence-corrected chi connectivity index (χ3v) is 3.85. The van der Waals surface area contributed by atoms with Crippen molar-refractivity contribution in [2.24, 2.45) is 0 Å². The molecule has 1 aromatic carbocycles. The maximum absolute atomic E-state index is 9.34. The molecule has 1 aromatic heterocycles. The van der Waals surface area contributed by atoms with Gasteiger partial charge in [0.05, 0.1) is 6.10 Å². The quantitative estimate of drug-likeness (QED) is 0.872. The summed E-state index contributed by atoms with van der Waals surface area (Å²) in [5, 5.41) is 9.34. The maximum atomic E-state index is 9.34. The standard InChI is InChI=1S/C16H17NO/c1-11-6-7-17-10-16(11)13-4-2-12(3-5-13)14-8-15(18)9-14/h2-7,10,14-15,18H,8-9H2,1H3. The van der Waals surface area contributed by atoms with E-state index in [-0.39, 0.29) is 6.10 Å². The summed E-state index contributed by atoms with van der Waals surface area (Å²) in [6.07, 6.45) is 5.46. The van der Waals surface area contributed by atoms with Crippen molar-refractivity contribution in [1.82, 2.24) is 4.98 Å². The van der Waals surface area contributed by atoms with E-state index in [0.717, 1.165) is 12.8 Å². The Labute approximate surface area is 107 Å². The number of aromatic nitrogens is 1. The second kappa shape index (κ2) is 4.54. The molecule has 1 heterocycles. The summed E-state index contributed by atoms with van der Waals surface area (Å²) < 4.78 is 0. The van der Waals surface area contributed by atoms with E-state index in [1.165, 1.54) is 22.3 Å². The highest BCUT2D eigenvalue weighted by Gasteiger charge is 2.28. The Balaban J connectivity index is 1.85. The number of aliphatic hydroxyl groups excluding tert-OH is 1. The summed E-state index contributed by atoms with van der Waals surface area (Å²) >= 11 is 0.